The van der Waals surface area contributed by atoms with Gasteiger partial charge in [0, 0.05) is 5.56 Å². The van der Waals surface area contributed by atoms with E-state index in [9.17, 15) is 18.8 Å². The molecule has 0 spiro atoms. The Morgan fingerprint density at radius 2 is 1.73 bits per heavy atom. The smallest absolute Gasteiger partial charge is 0.335 e. The Bertz CT molecular complexity index is 1300. The van der Waals surface area contributed by atoms with Crippen molar-refractivity contribution in [2.45, 2.75) is 20.5 Å². The molecule has 4 amide bonds. The van der Waals surface area contributed by atoms with Crippen LogP contribution in [-0.4, -0.2) is 17.8 Å². The van der Waals surface area contributed by atoms with Crippen molar-refractivity contribution in [3.8, 4) is 5.75 Å². The largest absolute Gasteiger partial charge is 0.488 e. The van der Waals surface area contributed by atoms with Crippen molar-refractivity contribution < 1.29 is 23.5 Å². The van der Waals surface area contributed by atoms with Crippen molar-refractivity contribution in [1.82, 2.24) is 5.32 Å². The van der Waals surface area contributed by atoms with Crippen LogP contribution in [-0.2, 0) is 16.2 Å². The highest BCUT2D eigenvalue weighted by Gasteiger charge is 2.37. The number of halogens is 1. The molecule has 7 heteroatoms. The number of anilines is 1. The number of barbiturate groups is 1. The van der Waals surface area contributed by atoms with E-state index in [4.69, 9.17) is 4.74 Å². The minimum atomic E-state index is -0.800. The van der Waals surface area contributed by atoms with Crippen LogP contribution in [0.2, 0.25) is 0 Å². The summed E-state index contributed by atoms with van der Waals surface area (Å²) in [6.07, 6.45) is 1.39. The Kier molecular flexibility index (Phi) is 6.04. The molecule has 1 fully saturated rings. The Morgan fingerprint density at radius 3 is 2.52 bits per heavy atom. The molecule has 4 rings (SSSR count). The fourth-order valence-corrected chi connectivity index (χ4v) is 3.53. The van der Waals surface area contributed by atoms with Gasteiger partial charge >= 0.3 is 6.03 Å². The molecule has 0 aliphatic carbocycles. The quantitative estimate of drug-likeness (QED) is 0.458. The lowest BCUT2D eigenvalue weighted by atomic mass is 10.0. The molecule has 166 valence electrons. The molecule has 0 atom stereocenters. The molecule has 1 N–H and O–H groups in total. The van der Waals surface area contributed by atoms with E-state index in [1.165, 1.54) is 18.2 Å². The Labute approximate surface area is 190 Å². The van der Waals surface area contributed by atoms with E-state index in [1.54, 1.807) is 55.5 Å². The number of para-hydroxylation sites is 1. The number of hydrogen-bond acceptors (Lipinski definition) is 4. The molecule has 1 aliphatic rings. The SMILES string of the molecule is Cc1cccc(N2C(=O)NC(=O)/C(=C\c3ccccc3OCc3cccc(F)c3)C2=O)c1C. The molecular formula is C26H21FN2O4. The predicted molar refractivity (Wildman–Crippen MR) is 122 cm³/mol. The van der Waals surface area contributed by atoms with Crippen LogP contribution in [0.5, 0.6) is 5.75 Å². The molecule has 6 nitrogen and oxygen atoms in total. The molecule has 33 heavy (non-hydrogen) atoms. The average molecular weight is 444 g/mol. The first-order chi connectivity index (χ1) is 15.8. The predicted octanol–water partition coefficient (Wildman–Crippen LogP) is 4.69. The summed E-state index contributed by atoms with van der Waals surface area (Å²) in [5, 5.41) is 2.24. The van der Waals surface area contributed by atoms with Crippen LogP contribution in [0.1, 0.15) is 22.3 Å². The van der Waals surface area contributed by atoms with Crippen LogP contribution in [0.25, 0.3) is 6.08 Å². The highest BCUT2D eigenvalue weighted by molar-refractivity contribution is 6.39. The van der Waals surface area contributed by atoms with Crippen molar-refractivity contribution in [3.05, 3.63) is 100 Å². The monoisotopic (exact) mass is 444 g/mol. The normalized spacial score (nSPS) is 15.1. The number of benzene rings is 3. The standard InChI is InChI=1S/C26H21FN2O4/c1-16-7-5-11-22(17(16)2)29-25(31)21(24(30)28-26(29)32)14-19-9-3-4-12-23(19)33-15-18-8-6-10-20(27)13-18/h3-14H,15H2,1-2H3,(H,28,30,32)/b21-14+. The van der Waals surface area contributed by atoms with E-state index < -0.39 is 17.8 Å². The number of rotatable bonds is 5. The molecule has 1 saturated heterocycles. The van der Waals surface area contributed by atoms with Crippen LogP contribution < -0.4 is 15.0 Å². The summed E-state index contributed by atoms with van der Waals surface area (Å²) in [7, 11) is 0. The Hall–Kier alpha value is -4.26. The van der Waals surface area contributed by atoms with E-state index in [-0.39, 0.29) is 18.0 Å². The van der Waals surface area contributed by atoms with Gasteiger partial charge in [-0.15, -0.1) is 0 Å². The Morgan fingerprint density at radius 1 is 0.970 bits per heavy atom. The van der Waals surface area contributed by atoms with E-state index in [0.29, 0.717) is 22.6 Å². The van der Waals surface area contributed by atoms with Gasteiger partial charge in [0.15, 0.2) is 0 Å². The van der Waals surface area contributed by atoms with Crippen molar-refractivity contribution >= 4 is 29.6 Å². The van der Waals surface area contributed by atoms with Crippen molar-refractivity contribution in [3.63, 3.8) is 0 Å². The van der Waals surface area contributed by atoms with Gasteiger partial charge in [-0.05, 0) is 60.9 Å². The maximum absolute atomic E-state index is 13.4. The third-order valence-electron chi connectivity index (χ3n) is 5.42. The average Bonchev–Trinajstić information content (AvgIpc) is 2.78. The lowest BCUT2D eigenvalue weighted by molar-refractivity contribution is -0.122. The summed E-state index contributed by atoms with van der Waals surface area (Å²) in [4.78, 5) is 39.3. The lowest BCUT2D eigenvalue weighted by Crippen LogP contribution is -2.54. The Balaban J connectivity index is 1.67. The number of nitrogens with zero attached hydrogens (tertiary/aromatic N) is 1. The van der Waals surface area contributed by atoms with Gasteiger partial charge in [-0.25, -0.2) is 14.1 Å². The molecule has 3 aromatic carbocycles. The number of carbonyl (C=O) groups excluding carboxylic acids is 3. The maximum atomic E-state index is 13.4. The van der Waals surface area contributed by atoms with Crippen molar-refractivity contribution in [1.29, 1.82) is 0 Å². The van der Waals surface area contributed by atoms with E-state index in [0.717, 1.165) is 16.0 Å². The number of imide groups is 2. The molecule has 0 saturated carbocycles. The molecule has 0 bridgehead atoms. The first-order valence-electron chi connectivity index (χ1n) is 10.3. The van der Waals surface area contributed by atoms with Gasteiger partial charge in [-0.1, -0.05) is 42.5 Å². The van der Waals surface area contributed by atoms with Gasteiger partial charge < -0.3 is 4.74 Å². The molecule has 3 aromatic rings. The molecule has 1 heterocycles. The van der Waals surface area contributed by atoms with E-state index in [2.05, 4.69) is 5.32 Å². The maximum Gasteiger partial charge on any atom is 0.335 e. The first kappa shape index (κ1) is 22.0. The first-order valence-corrected chi connectivity index (χ1v) is 10.3. The second kappa shape index (κ2) is 9.08. The number of amides is 4. The lowest BCUT2D eigenvalue weighted by Gasteiger charge is -2.28. The van der Waals surface area contributed by atoms with Gasteiger partial charge in [0.25, 0.3) is 11.8 Å². The molecule has 0 unspecified atom stereocenters. The van der Waals surface area contributed by atoms with Gasteiger partial charge in [0.2, 0.25) is 0 Å². The number of nitrogens with one attached hydrogen (secondary N) is 1. The van der Waals surface area contributed by atoms with Crippen LogP contribution in [0, 0.1) is 19.7 Å². The summed E-state index contributed by atoms with van der Waals surface area (Å²) in [5.41, 5.74) is 2.99. The highest BCUT2D eigenvalue weighted by atomic mass is 19.1. The van der Waals surface area contributed by atoms with Gasteiger partial charge in [-0.3, -0.25) is 14.9 Å². The second-order valence-corrected chi connectivity index (χ2v) is 7.63. The summed E-state index contributed by atoms with van der Waals surface area (Å²) < 4.78 is 19.3. The fourth-order valence-electron chi connectivity index (χ4n) is 3.53. The zero-order valence-electron chi connectivity index (χ0n) is 18.1. The summed E-state index contributed by atoms with van der Waals surface area (Å²) in [6, 6.07) is 17.4. The summed E-state index contributed by atoms with van der Waals surface area (Å²) >= 11 is 0. The fraction of sp³-hybridized carbons (Fsp3) is 0.115. The van der Waals surface area contributed by atoms with Crippen molar-refractivity contribution in [2.24, 2.45) is 0 Å². The molecule has 0 radical (unpaired) electrons. The minimum Gasteiger partial charge on any atom is -0.488 e. The molecular weight excluding hydrogens is 423 g/mol. The number of aryl methyl sites for hydroxylation is 1. The molecule has 1 aliphatic heterocycles. The van der Waals surface area contributed by atoms with Crippen molar-refractivity contribution in [2.75, 3.05) is 4.90 Å². The van der Waals surface area contributed by atoms with Gasteiger partial charge in [-0.2, -0.15) is 0 Å². The number of hydrogen-bond donors (Lipinski definition) is 1. The van der Waals surface area contributed by atoms with Crippen LogP contribution in [0.4, 0.5) is 14.9 Å². The highest BCUT2D eigenvalue weighted by Crippen LogP contribution is 2.28. The molecule has 0 aromatic heterocycles. The van der Waals surface area contributed by atoms with Gasteiger partial charge in [0.1, 0.15) is 23.7 Å². The third-order valence-corrected chi connectivity index (χ3v) is 5.42. The van der Waals surface area contributed by atoms with Crippen LogP contribution >= 0.6 is 0 Å². The van der Waals surface area contributed by atoms with Gasteiger partial charge in [0.05, 0.1) is 5.69 Å². The van der Waals surface area contributed by atoms with E-state index in [1.807, 2.05) is 13.0 Å². The van der Waals surface area contributed by atoms with E-state index >= 15 is 0 Å². The number of ether oxygens (including phenoxy) is 1. The number of carbonyl (C=O) groups is 3. The third kappa shape index (κ3) is 4.52. The zero-order chi connectivity index (χ0) is 23.5. The van der Waals surface area contributed by atoms with Crippen LogP contribution in [0.3, 0.4) is 0 Å². The topological polar surface area (TPSA) is 75.7 Å². The summed E-state index contributed by atoms with van der Waals surface area (Å²) in [6.45, 7) is 3.78. The van der Waals surface area contributed by atoms with Crippen LogP contribution in [0.15, 0.2) is 72.3 Å². The zero-order valence-corrected chi connectivity index (χ0v) is 18.1. The number of urea groups is 1. The minimum absolute atomic E-state index is 0.102. The summed E-state index contributed by atoms with van der Waals surface area (Å²) in [5.74, 6) is -1.47. The second-order valence-electron chi connectivity index (χ2n) is 7.63.